The van der Waals surface area contributed by atoms with E-state index in [4.69, 9.17) is 9.47 Å². The number of likely N-dealkylation sites (N-methyl/N-ethyl adjacent to an activating group) is 1. The average molecular weight is 555 g/mol. The van der Waals surface area contributed by atoms with Crippen molar-refractivity contribution in [2.45, 2.75) is 35.8 Å². The van der Waals surface area contributed by atoms with Gasteiger partial charge in [0.05, 0.1) is 18.0 Å². The van der Waals surface area contributed by atoms with Crippen LogP contribution >= 0.6 is 0 Å². The van der Waals surface area contributed by atoms with Gasteiger partial charge in [-0.25, -0.2) is 21.2 Å². The van der Waals surface area contributed by atoms with Gasteiger partial charge in [0.2, 0.25) is 20.0 Å². The minimum atomic E-state index is -4.05. The summed E-state index contributed by atoms with van der Waals surface area (Å²) in [5.74, 6) is 4.69. The number of halogens is 1. The molecule has 2 aromatic carbocycles. The van der Waals surface area contributed by atoms with Gasteiger partial charge in [0.1, 0.15) is 29.2 Å². The molecule has 0 unspecified atom stereocenters. The minimum Gasteiger partial charge on any atom is -0.487 e. The van der Waals surface area contributed by atoms with E-state index in [0.29, 0.717) is 5.56 Å². The van der Waals surface area contributed by atoms with Gasteiger partial charge >= 0.3 is 0 Å². The average Bonchev–Trinajstić information content (AvgIpc) is 2.86. The third-order valence-corrected chi connectivity index (χ3v) is 9.93. The summed E-state index contributed by atoms with van der Waals surface area (Å²) in [6.45, 7) is 3.02. The molecule has 0 amide bonds. The molecule has 0 bridgehead atoms. The summed E-state index contributed by atoms with van der Waals surface area (Å²) in [7, 11) is -5.14. The fourth-order valence-electron chi connectivity index (χ4n) is 3.87. The Hall–Kier alpha value is -2.53. The van der Waals surface area contributed by atoms with E-state index in [2.05, 4.69) is 11.8 Å². The number of rotatable bonds is 7. The SMILES string of the molecule is COCC#Cc1ccc2c(c1)O[C@@H](CN(C)S(=O)(=O)c1ccc(F)cc1)[C@H](C)CN([C@@H](C)CO)S2(=O)=O. The minimum absolute atomic E-state index is 0.00595. The summed E-state index contributed by atoms with van der Waals surface area (Å²) in [5, 5.41) is 9.76. The second-order valence-corrected chi connectivity index (χ2v) is 12.8. The zero-order chi connectivity index (χ0) is 27.4. The van der Waals surface area contributed by atoms with Gasteiger partial charge in [0.15, 0.2) is 0 Å². The summed E-state index contributed by atoms with van der Waals surface area (Å²) >= 11 is 0. The predicted octanol–water partition coefficient (Wildman–Crippen LogP) is 1.91. The molecule has 9 nitrogen and oxygen atoms in total. The summed E-state index contributed by atoms with van der Waals surface area (Å²) in [4.78, 5) is -0.185. The monoisotopic (exact) mass is 554 g/mol. The molecule has 12 heteroatoms. The van der Waals surface area contributed by atoms with Crippen LogP contribution in [0.1, 0.15) is 19.4 Å². The smallest absolute Gasteiger partial charge is 0.247 e. The number of hydrogen-bond donors (Lipinski definition) is 1. The Bertz CT molecular complexity index is 1370. The van der Waals surface area contributed by atoms with Crippen LogP contribution in [0, 0.1) is 23.6 Å². The molecular weight excluding hydrogens is 523 g/mol. The quantitative estimate of drug-likeness (QED) is 0.520. The Morgan fingerprint density at radius 2 is 1.95 bits per heavy atom. The number of ether oxygens (including phenoxy) is 2. The fourth-order valence-corrected chi connectivity index (χ4v) is 6.88. The van der Waals surface area contributed by atoms with Crippen LogP contribution in [-0.2, 0) is 24.8 Å². The molecule has 1 N–H and O–H groups in total. The van der Waals surface area contributed by atoms with Gasteiger partial charge in [0.25, 0.3) is 0 Å². The van der Waals surface area contributed by atoms with Crippen LogP contribution in [0.3, 0.4) is 0 Å². The van der Waals surface area contributed by atoms with Crippen molar-refractivity contribution in [1.29, 1.82) is 0 Å². The highest BCUT2D eigenvalue weighted by Gasteiger charge is 2.39. The highest BCUT2D eigenvalue weighted by atomic mass is 32.2. The first kappa shape index (κ1) is 29.0. The lowest BCUT2D eigenvalue weighted by molar-refractivity contribution is 0.0904. The molecular formula is C25H31FN2O7S2. The molecule has 0 aliphatic carbocycles. The second kappa shape index (κ2) is 11.9. The molecule has 0 aromatic heterocycles. The molecule has 3 rings (SSSR count). The lowest BCUT2D eigenvalue weighted by Gasteiger charge is -2.37. The molecule has 1 aliphatic rings. The van der Waals surface area contributed by atoms with Gasteiger partial charge in [-0.2, -0.15) is 8.61 Å². The van der Waals surface area contributed by atoms with Gasteiger partial charge in [-0.15, -0.1) is 0 Å². The molecule has 0 spiro atoms. The lowest BCUT2D eigenvalue weighted by atomic mass is 10.0. The second-order valence-electron chi connectivity index (χ2n) is 8.88. The van der Waals surface area contributed by atoms with E-state index in [0.717, 1.165) is 16.4 Å². The standard InChI is InChI=1S/C25H31FN2O7S2/c1-18-15-28(19(2)17-29)37(32,33)25-12-7-20(6-5-13-34-4)14-23(25)35-24(18)16-27(3)36(30,31)22-10-8-21(26)9-11-22/h7-12,14,18-19,24,29H,13,15-17H2,1-4H3/t18-,19+,24+/m1/s1. The molecule has 3 atom stereocenters. The molecule has 0 saturated carbocycles. The van der Waals surface area contributed by atoms with E-state index < -0.39 is 50.5 Å². The van der Waals surface area contributed by atoms with Crippen LogP contribution < -0.4 is 4.74 Å². The number of benzene rings is 2. The fraction of sp³-hybridized carbons (Fsp3) is 0.440. The van der Waals surface area contributed by atoms with E-state index in [9.17, 15) is 26.3 Å². The van der Waals surface area contributed by atoms with Crippen molar-refractivity contribution in [2.24, 2.45) is 5.92 Å². The van der Waals surface area contributed by atoms with Crippen LogP contribution in [-0.4, -0.2) is 83.2 Å². The Morgan fingerprint density at radius 3 is 2.57 bits per heavy atom. The normalized spacial score (nSPS) is 20.6. The van der Waals surface area contributed by atoms with Gasteiger partial charge in [-0.3, -0.25) is 0 Å². The first-order valence-corrected chi connectivity index (χ1v) is 14.4. The summed E-state index contributed by atoms with van der Waals surface area (Å²) in [6.07, 6.45) is -0.759. The van der Waals surface area contributed by atoms with E-state index in [1.54, 1.807) is 19.9 Å². The summed E-state index contributed by atoms with van der Waals surface area (Å²) in [5.41, 5.74) is 0.493. The van der Waals surface area contributed by atoms with Crippen molar-refractivity contribution in [2.75, 3.05) is 40.5 Å². The van der Waals surface area contributed by atoms with Crippen LogP contribution in [0.2, 0.25) is 0 Å². The van der Waals surface area contributed by atoms with Crippen LogP contribution in [0.15, 0.2) is 52.3 Å². The molecule has 0 saturated heterocycles. The third kappa shape index (κ3) is 6.49. The maximum atomic E-state index is 13.5. The van der Waals surface area contributed by atoms with Gasteiger partial charge < -0.3 is 14.6 Å². The molecule has 1 heterocycles. The zero-order valence-corrected chi connectivity index (χ0v) is 22.7. The van der Waals surface area contributed by atoms with Crippen molar-refractivity contribution >= 4 is 20.0 Å². The molecule has 37 heavy (non-hydrogen) atoms. The maximum Gasteiger partial charge on any atom is 0.247 e. The van der Waals surface area contributed by atoms with Crippen molar-refractivity contribution < 1.29 is 35.8 Å². The summed E-state index contributed by atoms with van der Waals surface area (Å²) in [6, 6.07) is 8.22. The number of fused-ring (bicyclic) bond motifs is 1. The Morgan fingerprint density at radius 1 is 1.27 bits per heavy atom. The molecule has 0 radical (unpaired) electrons. The number of aliphatic hydroxyl groups excluding tert-OH is 1. The van der Waals surface area contributed by atoms with E-state index in [-0.39, 0.29) is 35.2 Å². The number of sulfonamides is 2. The molecule has 1 aliphatic heterocycles. The Labute approximate surface area is 217 Å². The highest BCUT2D eigenvalue weighted by molar-refractivity contribution is 7.89. The largest absolute Gasteiger partial charge is 0.487 e. The topological polar surface area (TPSA) is 113 Å². The van der Waals surface area contributed by atoms with E-state index in [1.165, 1.54) is 42.7 Å². The molecule has 2 aromatic rings. The van der Waals surface area contributed by atoms with Crippen molar-refractivity contribution in [1.82, 2.24) is 8.61 Å². The number of methoxy groups -OCH3 is 1. The van der Waals surface area contributed by atoms with Gasteiger partial charge in [0, 0.05) is 38.2 Å². The van der Waals surface area contributed by atoms with Crippen molar-refractivity contribution in [3.8, 4) is 17.6 Å². The van der Waals surface area contributed by atoms with Gasteiger partial charge in [-0.1, -0.05) is 18.8 Å². The Balaban J connectivity index is 2.04. The van der Waals surface area contributed by atoms with Crippen LogP contribution in [0.4, 0.5) is 4.39 Å². The highest BCUT2D eigenvalue weighted by Crippen LogP contribution is 2.34. The molecule has 0 fully saturated rings. The summed E-state index contributed by atoms with van der Waals surface area (Å²) < 4.78 is 80.1. The van der Waals surface area contributed by atoms with Crippen LogP contribution in [0.5, 0.6) is 5.75 Å². The first-order valence-electron chi connectivity index (χ1n) is 11.5. The predicted molar refractivity (Wildman–Crippen MR) is 135 cm³/mol. The maximum absolute atomic E-state index is 13.5. The Kier molecular flexibility index (Phi) is 9.33. The lowest BCUT2D eigenvalue weighted by Crippen LogP contribution is -2.50. The van der Waals surface area contributed by atoms with Crippen molar-refractivity contribution in [3.63, 3.8) is 0 Å². The van der Waals surface area contributed by atoms with Crippen molar-refractivity contribution in [3.05, 3.63) is 53.8 Å². The van der Waals surface area contributed by atoms with Gasteiger partial charge in [-0.05, 0) is 49.4 Å². The van der Waals surface area contributed by atoms with Crippen LogP contribution in [0.25, 0.3) is 0 Å². The van der Waals surface area contributed by atoms with E-state index in [1.807, 2.05) is 0 Å². The third-order valence-electron chi connectivity index (χ3n) is 6.08. The zero-order valence-electron chi connectivity index (χ0n) is 21.1. The number of aliphatic hydroxyl groups is 1. The first-order chi connectivity index (χ1) is 17.4. The number of hydrogen-bond acceptors (Lipinski definition) is 7. The number of nitrogens with zero attached hydrogens (tertiary/aromatic N) is 2. The molecule has 202 valence electrons. The van der Waals surface area contributed by atoms with E-state index >= 15 is 0 Å².